The summed E-state index contributed by atoms with van der Waals surface area (Å²) < 4.78 is 10.1. The van der Waals surface area contributed by atoms with Crippen molar-refractivity contribution in [3.8, 4) is 0 Å². The van der Waals surface area contributed by atoms with Crippen molar-refractivity contribution in [2.24, 2.45) is 0 Å². The molecule has 0 radical (unpaired) electrons. The summed E-state index contributed by atoms with van der Waals surface area (Å²) in [4.78, 5) is 11.5. The Balaban J connectivity index is 2.52. The number of hydrogen-bond donors (Lipinski definition) is 1. The fourth-order valence-corrected chi connectivity index (χ4v) is 1.41. The molecule has 0 aliphatic rings. The number of benzene rings is 1. The van der Waals surface area contributed by atoms with E-state index < -0.39 is 0 Å². The number of carbonyl (C=O) groups is 1. The van der Waals surface area contributed by atoms with Crippen LogP contribution in [0.15, 0.2) is 28.9 Å². The van der Waals surface area contributed by atoms with Crippen LogP contribution in [0.1, 0.15) is 17.3 Å². The highest BCUT2D eigenvalue weighted by molar-refractivity contribution is 6.03. The summed E-state index contributed by atoms with van der Waals surface area (Å²) >= 11 is 0. The third-order valence-electron chi connectivity index (χ3n) is 2.09. The Labute approximate surface area is 86.6 Å². The lowest BCUT2D eigenvalue weighted by molar-refractivity contribution is 0.0527. The van der Waals surface area contributed by atoms with E-state index in [1.54, 1.807) is 25.1 Å². The summed E-state index contributed by atoms with van der Waals surface area (Å²) in [6.45, 7) is 2.10. The quantitative estimate of drug-likeness (QED) is 0.602. The van der Waals surface area contributed by atoms with Gasteiger partial charge in [-0.2, -0.15) is 0 Å². The zero-order valence-electron chi connectivity index (χ0n) is 8.32. The van der Waals surface area contributed by atoms with Crippen LogP contribution in [0, 0.1) is 0 Å². The highest BCUT2D eigenvalue weighted by Crippen LogP contribution is 2.23. The number of rotatable bonds is 2. The van der Waals surface area contributed by atoms with Gasteiger partial charge in [0.1, 0.15) is 17.4 Å². The Morgan fingerprint density at radius 3 is 3.07 bits per heavy atom. The Hall–Kier alpha value is -1.97. The second-order valence-electron chi connectivity index (χ2n) is 3.13. The van der Waals surface area contributed by atoms with Gasteiger partial charge in [-0.25, -0.2) is 4.79 Å². The summed E-state index contributed by atoms with van der Waals surface area (Å²) in [5.41, 5.74) is 7.27. The van der Waals surface area contributed by atoms with E-state index >= 15 is 0 Å². The number of nitrogen functional groups attached to an aromatic ring is 1. The van der Waals surface area contributed by atoms with Gasteiger partial charge in [-0.1, -0.05) is 0 Å². The first-order chi connectivity index (χ1) is 7.22. The van der Waals surface area contributed by atoms with Crippen molar-refractivity contribution in [1.29, 1.82) is 0 Å². The predicted octanol–water partition coefficient (Wildman–Crippen LogP) is 2.19. The van der Waals surface area contributed by atoms with Gasteiger partial charge < -0.3 is 14.9 Å². The average Bonchev–Trinajstić information content (AvgIpc) is 2.60. The first-order valence-corrected chi connectivity index (χ1v) is 4.66. The van der Waals surface area contributed by atoms with E-state index in [9.17, 15) is 4.79 Å². The maximum absolute atomic E-state index is 11.5. The molecule has 4 nitrogen and oxygen atoms in total. The molecule has 0 saturated heterocycles. The van der Waals surface area contributed by atoms with Crippen molar-refractivity contribution < 1.29 is 13.9 Å². The Kier molecular flexibility index (Phi) is 2.33. The second-order valence-corrected chi connectivity index (χ2v) is 3.13. The molecule has 0 atom stereocenters. The number of fused-ring (bicyclic) bond motifs is 1. The number of furan rings is 1. The topological polar surface area (TPSA) is 65.5 Å². The lowest BCUT2D eigenvalue weighted by Crippen LogP contribution is -2.03. The van der Waals surface area contributed by atoms with E-state index in [1.807, 2.05) is 0 Å². The molecule has 1 heterocycles. The number of esters is 1. The molecule has 0 aliphatic carbocycles. The van der Waals surface area contributed by atoms with Gasteiger partial charge in [0.15, 0.2) is 0 Å². The smallest absolute Gasteiger partial charge is 0.342 e. The maximum Gasteiger partial charge on any atom is 0.342 e. The molecule has 0 amide bonds. The SMILES string of the molecule is CCOC(=O)c1coc2ccc(N)cc12. The standard InChI is InChI=1S/C11H11NO3/c1-2-14-11(13)9-6-15-10-4-3-7(12)5-8(9)10/h3-6H,2,12H2,1H3. The monoisotopic (exact) mass is 205 g/mol. The van der Waals surface area contributed by atoms with Gasteiger partial charge in [0, 0.05) is 11.1 Å². The number of ether oxygens (including phenoxy) is 1. The third kappa shape index (κ3) is 1.66. The number of nitrogens with two attached hydrogens (primary N) is 1. The molecule has 0 fully saturated rings. The molecule has 0 spiro atoms. The van der Waals surface area contributed by atoms with Crippen LogP contribution in [-0.4, -0.2) is 12.6 Å². The fourth-order valence-electron chi connectivity index (χ4n) is 1.41. The van der Waals surface area contributed by atoms with Crippen molar-refractivity contribution in [1.82, 2.24) is 0 Å². The lowest BCUT2D eigenvalue weighted by atomic mass is 10.1. The van der Waals surface area contributed by atoms with Crippen LogP contribution in [0.5, 0.6) is 0 Å². The van der Waals surface area contributed by atoms with Crippen molar-refractivity contribution >= 4 is 22.6 Å². The minimum atomic E-state index is -0.387. The van der Waals surface area contributed by atoms with Crippen LogP contribution in [0.25, 0.3) is 11.0 Å². The van der Waals surface area contributed by atoms with Gasteiger partial charge in [0.25, 0.3) is 0 Å². The van der Waals surface area contributed by atoms with Crippen molar-refractivity contribution in [3.63, 3.8) is 0 Å². The maximum atomic E-state index is 11.5. The molecule has 1 aromatic carbocycles. The molecule has 2 aromatic rings. The largest absolute Gasteiger partial charge is 0.463 e. The third-order valence-corrected chi connectivity index (χ3v) is 2.09. The molecule has 0 aliphatic heterocycles. The van der Waals surface area contributed by atoms with Crippen LogP contribution in [-0.2, 0) is 4.74 Å². The molecule has 2 N–H and O–H groups in total. The van der Waals surface area contributed by atoms with E-state index in [0.717, 1.165) is 0 Å². The van der Waals surface area contributed by atoms with Crippen molar-refractivity contribution in [2.75, 3.05) is 12.3 Å². The second kappa shape index (κ2) is 3.65. The normalized spacial score (nSPS) is 10.5. The van der Waals surface area contributed by atoms with Gasteiger partial charge >= 0.3 is 5.97 Å². The summed E-state index contributed by atoms with van der Waals surface area (Å²) in [6, 6.07) is 5.15. The Bertz CT molecular complexity index is 502. The average molecular weight is 205 g/mol. The number of carbonyl (C=O) groups excluding carboxylic acids is 1. The lowest BCUT2D eigenvalue weighted by Gasteiger charge is -1.98. The van der Waals surface area contributed by atoms with E-state index in [-0.39, 0.29) is 5.97 Å². The Morgan fingerprint density at radius 1 is 1.53 bits per heavy atom. The van der Waals surface area contributed by atoms with Crippen LogP contribution in [0.3, 0.4) is 0 Å². The van der Waals surface area contributed by atoms with Crippen LogP contribution < -0.4 is 5.73 Å². The molecule has 0 unspecified atom stereocenters. The zero-order chi connectivity index (χ0) is 10.8. The van der Waals surface area contributed by atoms with E-state index in [1.165, 1.54) is 6.26 Å². The van der Waals surface area contributed by atoms with Crippen LogP contribution in [0.2, 0.25) is 0 Å². The molecule has 0 saturated carbocycles. The molecule has 78 valence electrons. The predicted molar refractivity (Wildman–Crippen MR) is 56.6 cm³/mol. The summed E-state index contributed by atoms with van der Waals surface area (Å²) in [5, 5.41) is 0.688. The molecular weight excluding hydrogens is 194 g/mol. The minimum Gasteiger partial charge on any atom is -0.463 e. The molecule has 4 heteroatoms. The number of anilines is 1. The summed E-state index contributed by atoms with van der Waals surface area (Å²) in [7, 11) is 0. The molecular formula is C11H11NO3. The van der Waals surface area contributed by atoms with Gasteiger partial charge in [-0.05, 0) is 25.1 Å². The molecule has 0 bridgehead atoms. The zero-order valence-corrected chi connectivity index (χ0v) is 8.32. The molecule has 2 rings (SSSR count). The highest BCUT2D eigenvalue weighted by atomic mass is 16.5. The van der Waals surface area contributed by atoms with E-state index in [4.69, 9.17) is 14.9 Å². The number of hydrogen-bond acceptors (Lipinski definition) is 4. The van der Waals surface area contributed by atoms with Crippen molar-refractivity contribution in [3.05, 3.63) is 30.0 Å². The highest BCUT2D eigenvalue weighted by Gasteiger charge is 2.14. The first-order valence-electron chi connectivity index (χ1n) is 4.66. The van der Waals surface area contributed by atoms with Crippen LogP contribution >= 0.6 is 0 Å². The Morgan fingerprint density at radius 2 is 2.33 bits per heavy atom. The van der Waals surface area contributed by atoms with Gasteiger partial charge in [0.05, 0.1) is 6.61 Å². The van der Waals surface area contributed by atoms with Crippen LogP contribution in [0.4, 0.5) is 5.69 Å². The summed E-state index contributed by atoms with van der Waals surface area (Å²) in [6.07, 6.45) is 1.39. The molecule has 15 heavy (non-hydrogen) atoms. The van der Waals surface area contributed by atoms with Crippen molar-refractivity contribution in [2.45, 2.75) is 6.92 Å². The molecule has 1 aromatic heterocycles. The van der Waals surface area contributed by atoms with E-state index in [2.05, 4.69) is 0 Å². The minimum absolute atomic E-state index is 0.341. The first kappa shape index (κ1) is 9.58. The van der Waals surface area contributed by atoms with Gasteiger partial charge in [-0.3, -0.25) is 0 Å². The van der Waals surface area contributed by atoms with E-state index in [0.29, 0.717) is 28.8 Å². The van der Waals surface area contributed by atoms with Gasteiger partial charge in [-0.15, -0.1) is 0 Å². The summed E-state index contributed by atoms with van der Waals surface area (Å²) in [5.74, 6) is -0.387. The fraction of sp³-hybridized carbons (Fsp3) is 0.182. The van der Waals surface area contributed by atoms with Gasteiger partial charge in [0.2, 0.25) is 0 Å².